The maximum absolute atomic E-state index is 12.1. The Bertz CT molecular complexity index is 690. The van der Waals surface area contributed by atoms with E-state index in [1.807, 2.05) is 36.4 Å². The fourth-order valence-electron chi connectivity index (χ4n) is 2.59. The summed E-state index contributed by atoms with van der Waals surface area (Å²) in [6.45, 7) is 2.92. The zero-order chi connectivity index (χ0) is 18.5. The van der Waals surface area contributed by atoms with E-state index in [1.165, 1.54) is 23.6 Å². The summed E-state index contributed by atoms with van der Waals surface area (Å²) in [5, 5.41) is 3.08. The van der Waals surface area contributed by atoms with Crippen molar-refractivity contribution in [1.82, 2.24) is 15.1 Å². The van der Waals surface area contributed by atoms with Crippen LogP contribution in [-0.2, 0) is 9.59 Å². The maximum Gasteiger partial charge on any atom is 0.237 e. The monoisotopic (exact) mass is 355 g/mol. The number of nitrogens with one attached hydrogen (secondary N) is 1. The van der Waals surface area contributed by atoms with E-state index >= 15 is 0 Å². The molecular formula is C19H21N3O4. The van der Waals surface area contributed by atoms with Gasteiger partial charge in [-0.05, 0) is 24.3 Å². The quantitative estimate of drug-likeness (QED) is 0.908. The molecule has 1 aliphatic rings. The molecule has 7 heteroatoms. The van der Waals surface area contributed by atoms with Crippen LogP contribution in [0.4, 0.5) is 0 Å². The minimum Gasteiger partial charge on any atom is -0.457 e. The summed E-state index contributed by atoms with van der Waals surface area (Å²) in [6.07, 6.45) is -1.53. The lowest BCUT2D eigenvalue weighted by Gasteiger charge is -2.45. The van der Waals surface area contributed by atoms with Gasteiger partial charge in [-0.2, -0.15) is 0 Å². The molecule has 2 atom stereocenters. The molecule has 1 aliphatic heterocycles. The smallest absolute Gasteiger partial charge is 0.237 e. The Morgan fingerprint density at radius 1 is 0.808 bits per heavy atom. The third-order valence-corrected chi connectivity index (χ3v) is 3.95. The number of benzene rings is 2. The summed E-state index contributed by atoms with van der Waals surface area (Å²) < 4.78 is 11.8. The van der Waals surface area contributed by atoms with Crippen molar-refractivity contribution in [3.63, 3.8) is 0 Å². The number of carbonyl (C=O) groups excluding carboxylic acids is 2. The van der Waals surface area contributed by atoms with Gasteiger partial charge in [0.05, 0.1) is 0 Å². The molecule has 1 fully saturated rings. The van der Waals surface area contributed by atoms with Gasteiger partial charge in [0, 0.05) is 13.8 Å². The number of nitrogens with zero attached hydrogens (tertiary/aromatic N) is 2. The van der Waals surface area contributed by atoms with Gasteiger partial charge >= 0.3 is 0 Å². The summed E-state index contributed by atoms with van der Waals surface area (Å²) in [5.41, 5.74) is 0. The van der Waals surface area contributed by atoms with Gasteiger partial charge < -0.3 is 9.47 Å². The number of rotatable bonds is 4. The molecule has 0 bridgehead atoms. The Morgan fingerprint density at radius 3 is 1.54 bits per heavy atom. The second-order valence-electron chi connectivity index (χ2n) is 5.85. The van der Waals surface area contributed by atoms with Gasteiger partial charge in [-0.3, -0.25) is 19.4 Å². The van der Waals surface area contributed by atoms with Gasteiger partial charge in [0.15, 0.2) is 0 Å². The van der Waals surface area contributed by atoms with Crippen LogP contribution in [0, 0.1) is 0 Å². The number of carbonyl (C=O) groups is 2. The fourth-order valence-corrected chi connectivity index (χ4v) is 2.59. The molecule has 1 heterocycles. The molecule has 26 heavy (non-hydrogen) atoms. The van der Waals surface area contributed by atoms with Crippen molar-refractivity contribution in [3.8, 4) is 11.5 Å². The van der Waals surface area contributed by atoms with Gasteiger partial charge in [0.1, 0.15) is 18.2 Å². The topological polar surface area (TPSA) is 71.1 Å². The zero-order valence-corrected chi connectivity index (χ0v) is 14.7. The first-order valence-electron chi connectivity index (χ1n) is 8.28. The highest BCUT2D eigenvalue weighted by atomic mass is 16.6. The van der Waals surface area contributed by atoms with E-state index in [0.29, 0.717) is 11.5 Å². The maximum atomic E-state index is 12.1. The summed E-state index contributed by atoms with van der Waals surface area (Å²) in [7, 11) is 0. The van der Waals surface area contributed by atoms with Crippen LogP contribution in [0.1, 0.15) is 13.8 Å². The molecule has 1 N–H and O–H groups in total. The molecule has 2 amide bonds. The molecule has 0 saturated carbocycles. The lowest BCUT2D eigenvalue weighted by Crippen LogP contribution is -2.69. The second-order valence-corrected chi connectivity index (χ2v) is 5.85. The Balaban J connectivity index is 1.83. The Morgan fingerprint density at radius 2 is 1.19 bits per heavy atom. The van der Waals surface area contributed by atoms with E-state index in [1.54, 1.807) is 24.3 Å². The molecule has 7 nitrogen and oxygen atoms in total. The molecule has 3 rings (SSSR count). The molecule has 136 valence electrons. The van der Waals surface area contributed by atoms with Crippen molar-refractivity contribution in [1.29, 1.82) is 0 Å². The van der Waals surface area contributed by atoms with Crippen LogP contribution in [-0.4, -0.2) is 41.0 Å². The molecule has 0 spiro atoms. The van der Waals surface area contributed by atoms with Crippen LogP contribution in [0.2, 0.25) is 0 Å². The normalized spacial score (nSPS) is 19.8. The minimum atomic E-state index is -0.765. The van der Waals surface area contributed by atoms with Crippen molar-refractivity contribution in [2.45, 2.75) is 26.6 Å². The number of para-hydroxylation sites is 2. The first-order chi connectivity index (χ1) is 12.5. The van der Waals surface area contributed by atoms with E-state index in [2.05, 4.69) is 5.32 Å². The van der Waals surface area contributed by atoms with E-state index in [-0.39, 0.29) is 18.5 Å². The largest absolute Gasteiger partial charge is 0.457 e. The SMILES string of the molecule is CC(=O)N1CN(C(C)=O)C(Oc2ccccc2)NC1Oc1ccccc1. The Hall–Kier alpha value is -3.06. The van der Waals surface area contributed by atoms with Gasteiger partial charge in [0.25, 0.3) is 0 Å². The van der Waals surface area contributed by atoms with Gasteiger partial charge in [-0.15, -0.1) is 0 Å². The Kier molecular flexibility index (Phi) is 5.38. The average Bonchev–Trinajstić information content (AvgIpc) is 2.63. The van der Waals surface area contributed by atoms with E-state index in [9.17, 15) is 9.59 Å². The number of hydrogen-bond acceptors (Lipinski definition) is 5. The minimum absolute atomic E-state index is 0.0622. The van der Waals surface area contributed by atoms with Crippen LogP contribution >= 0.6 is 0 Å². The van der Waals surface area contributed by atoms with E-state index in [0.717, 1.165) is 0 Å². The van der Waals surface area contributed by atoms with Crippen LogP contribution in [0.3, 0.4) is 0 Å². The van der Waals surface area contributed by atoms with Crippen LogP contribution in [0.15, 0.2) is 60.7 Å². The van der Waals surface area contributed by atoms with Crippen molar-refractivity contribution < 1.29 is 19.1 Å². The number of hydrogen-bond donors (Lipinski definition) is 1. The predicted molar refractivity (Wildman–Crippen MR) is 94.8 cm³/mol. The van der Waals surface area contributed by atoms with Crippen molar-refractivity contribution in [2.75, 3.05) is 6.67 Å². The van der Waals surface area contributed by atoms with Gasteiger partial charge in [0.2, 0.25) is 24.5 Å². The summed E-state index contributed by atoms with van der Waals surface area (Å²) in [5.74, 6) is 0.766. The first kappa shape index (κ1) is 17.8. The van der Waals surface area contributed by atoms with Crippen molar-refractivity contribution >= 4 is 11.8 Å². The lowest BCUT2D eigenvalue weighted by molar-refractivity contribution is -0.182. The summed E-state index contributed by atoms with van der Waals surface area (Å²) >= 11 is 0. The van der Waals surface area contributed by atoms with E-state index in [4.69, 9.17) is 9.47 Å². The number of amides is 2. The highest BCUT2D eigenvalue weighted by molar-refractivity contribution is 5.76. The zero-order valence-electron chi connectivity index (χ0n) is 14.7. The van der Waals surface area contributed by atoms with Crippen molar-refractivity contribution in [2.24, 2.45) is 0 Å². The average molecular weight is 355 g/mol. The predicted octanol–water partition coefficient (Wildman–Crippen LogP) is 1.97. The Labute approximate surface area is 152 Å². The van der Waals surface area contributed by atoms with Gasteiger partial charge in [-0.25, -0.2) is 5.32 Å². The van der Waals surface area contributed by atoms with Crippen LogP contribution < -0.4 is 14.8 Å². The molecule has 0 aliphatic carbocycles. The standard InChI is InChI=1S/C19H21N3O4/c1-14(23)21-13-22(15(2)24)19(26-17-11-7-4-8-12-17)20-18(21)25-16-9-5-3-6-10-16/h3-12,18-20H,13H2,1-2H3. The van der Waals surface area contributed by atoms with E-state index < -0.39 is 12.7 Å². The molecular weight excluding hydrogens is 334 g/mol. The lowest BCUT2D eigenvalue weighted by atomic mass is 10.3. The molecule has 2 aromatic rings. The van der Waals surface area contributed by atoms with Crippen LogP contribution in [0.5, 0.6) is 11.5 Å². The third-order valence-electron chi connectivity index (χ3n) is 3.95. The van der Waals surface area contributed by atoms with Gasteiger partial charge in [-0.1, -0.05) is 36.4 Å². The first-order valence-corrected chi connectivity index (χ1v) is 8.28. The molecule has 0 aromatic heterocycles. The second kappa shape index (κ2) is 7.88. The third kappa shape index (κ3) is 4.12. The highest BCUT2D eigenvalue weighted by Gasteiger charge is 2.38. The molecule has 2 unspecified atom stereocenters. The molecule has 2 aromatic carbocycles. The fraction of sp³-hybridized carbons (Fsp3) is 0.263. The highest BCUT2D eigenvalue weighted by Crippen LogP contribution is 2.20. The molecule has 0 radical (unpaired) electrons. The number of ether oxygens (including phenoxy) is 2. The summed E-state index contributed by atoms with van der Waals surface area (Å²) in [6, 6.07) is 18.3. The summed E-state index contributed by atoms with van der Waals surface area (Å²) in [4.78, 5) is 27.0. The van der Waals surface area contributed by atoms with Crippen LogP contribution in [0.25, 0.3) is 0 Å². The molecule has 1 saturated heterocycles. The van der Waals surface area contributed by atoms with Crippen molar-refractivity contribution in [3.05, 3.63) is 60.7 Å².